The maximum Gasteiger partial charge on any atom is 0.240 e. The van der Waals surface area contributed by atoms with Crippen molar-refractivity contribution in [3.8, 4) is 5.75 Å². The highest BCUT2D eigenvalue weighted by Crippen LogP contribution is 2.35. The van der Waals surface area contributed by atoms with Crippen molar-refractivity contribution in [2.75, 3.05) is 6.61 Å². The smallest absolute Gasteiger partial charge is 0.240 e. The van der Waals surface area contributed by atoms with Crippen molar-refractivity contribution in [3.05, 3.63) is 26.6 Å². The molecule has 0 bridgehead atoms. The van der Waals surface area contributed by atoms with E-state index in [1.807, 2.05) is 19.1 Å². The van der Waals surface area contributed by atoms with Gasteiger partial charge in [0.05, 0.1) is 21.3 Å². The molecule has 1 heterocycles. The number of nitrogens with one attached hydrogen (secondary N) is 1. The van der Waals surface area contributed by atoms with Gasteiger partial charge in [0.1, 0.15) is 5.75 Å². The van der Waals surface area contributed by atoms with E-state index >= 15 is 0 Å². The van der Waals surface area contributed by atoms with Crippen molar-refractivity contribution >= 4 is 43.5 Å². The Kier molecular flexibility index (Phi) is 4.40. The van der Waals surface area contributed by atoms with E-state index in [9.17, 15) is 4.79 Å². The van der Waals surface area contributed by atoms with Gasteiger partial charge in [0, 0.05) is 18.4 Å². The van der Waals surface area contributed by atoms with Gasteiger partial charge in [-0.05, 0) is 50.9 Å². The standard InChI is InChI=1S/C12H12Br2N2O2/c1-2-18-12-8(13)5-7(6-9(12)14)10-3-4-11(17)16-15-10/h5-6H,2-4H2,1H3,(H,16,17). The van der Waals surface area contributed by atoms with Gasteiger partial charge in [-0.3, -0.25) is 4.79 Å². The van der Waals surface area contributed by atoms with Crippen LogP contribution in [0.3, 0.4) is 0 Å². The highest BCUT2D eigenvalue weighted by Gasteiger charge is 2.16. The summed E-state index contributed by atoms with van der Waals surface area (Å²) in [6.07, 6.45) is 1.12. The summed E-state index contributed by atoms with van der Waals surface area (Å²) in [6, 6.07) is 3.90. The third-order valence-corrected chi connectivity index (χ3v) is 3.70. The Bertz CT molecular complexity index is 492. The average molecular weight is 376 g/mol. The van der Waals surface area contributed by atoms with Crippen LogP contribution in [-0.4, -0.2) is 18.2 Å². The zero-order valence-electron chi connectivity index (χ0n) is 9.80. The Morgan fingerprint density at radius 1 is 1.33 bits per heavy atom. The Morgan fingerprint density at radius 2 is 2.00 bits per heavy atom. The van der Waals surface area contributed by atoms with Gasteiger partial charge < -0.3 is 4.74 Å². The van der Waals surface area contributed by atoms with E-state index < -0.39 is 0 Å². The molecular weight excluding hydrogens is 364 g/mol. The number of rotatable bonds is 3. The molecule has 0 atom stereocenters. The van der Waals surface area contributed by atoms with Crippen LogP contribution < -0.4 is 10.2 Å². The number of benzene rings is 1. The summed E-state index contributed by atoms with van der Waals surface area (Å²) in [7, 11) is 0. The average Bonchev–Trinajstić information content (AvgIpc) is 2.34. The summed E-state index contributed by atoms with van der Waals surface area (Å²) in [5.74, 6) is 0.740. The molecule has 18 heavy (non-hydrogen) atoms. The van der Waals surface area contributed by atoms with Crippen molar-refractivity contribution in [1.29, 1.82) is 0 Å². The fourth-order valence-electron chi connectivity index (χ4n) is 1.69. The molecule has 0 saturated carbocycles. The van der Waals surface area contributed by atoms with Crippen LogP contribution in [0.2, 0.25) is 0 Å². The number of ether oxygens (including phenoxy) is 1. The third-order valence-electron chi connectivity index (χ3n) is 2.52. The van der Waals surface area contributed by atoms with Crippen molar-refractivity contribution in [1.82, 2.24) is 5.43 Å². The lowest BCUT2D eigenvalue weighted by atomic mass is 10.0. The predicted octanol–water partition coefficient (Wildman–Crippen LogP) is 3.22. The van der Waals surface area contributed by atoms with Crippen LogP contribution in [0.1, 0.15) is 25.3 Å². The van der Waals surface area contributed by atoms with E-state index in [-0.39, 0.29) is 5.91 Å². The number of hydrogen-bond acceptors (Lipinski definition) is 3. The number of hydrazone groups is 1. The fraction of sp³-hybridized carbons (Fsp3) is 0.333. The van der Waals surface area contributed by atoms with Gasteiger partial charge in [-0.25, -0.2) is 5.43 Å². The zero-order chi connectivity index (χ0) is 13.1. The molecule has 1 aliphatic rings. The molecule has 0 fully saturated rings. The summed E-state index contributed by atoms with van der Waals surface area (Å²) < 4.78 is 7.26. The molecule has 1 amide bonds. The van der Waals surface area contributed by atoms with E-state index in [1.165, 1.54) is 0 Å². The van der Waals surface area contributed by atoms with Gasteiger partial charge >= 0.3 is 0 Å². The van der Waals surface area contributed by atoms with E-state index in [0.29, 0.717) is 19.4 Å². The maximum absolute atomic E-state index is 11.1. The minimum Gasteiger partial charge on any atom is -0.492 e. The predicted molar refractivity (Wildman–Crippen MR) is 76.9 cm³/mol. The third kappa shape index (κ3) is 2.92. The molecule has 0 radical (unpaired) electrons. The molecular formula is C12H12Br2N2O2. The lowest BCUT2D eigenvalue weighted by Crippen LogP contribution is -2.25. The molecule has 0 aliphatic carbocycles. The van der Waals surface area contributed by atoms with Gasteiger partial charge in [-0.15, -0.1) is 0 Å². The largest absolute Gasteiger partial charge is 0.492 e. The van der Waals surface area contributed by atoms with Crippen LogP contribution in [0.25, 0.3) is 0 Å². The van der Waals surface area contributed by atoms with E-state index in [0.717, 1.165) is 26.0 Å². The number of amides is 1. The molecule has 2 rings (SSSR count). The van der Waals surface area contributed by atoms with Crippen LogP contribution in [0, 0.1) is 0 Å². The van der Waals surface area contributed by atoms with E-state index in [4.69, 9.17) is 4.74 Å². The highest BCUT2D eigenvalue weighted by atomic mass is 79.9. The van der Waals surface area contributed by atoms with Gasteiger partial charge in [0.25, 0.3) is 0 Å². The first-order chi connectivity index (χ1) is 8.61. The Labute approximate surface area is 122 Å². The quantitative estimate of drug-likeness (QED) is 0.881. The van der Waals surface area contributed by atoms with Crippen molar-refractivity contribution in [2.24, 2.45) is 5.10 Å². The minimum absolute atomic E-state index is 0.0391. The Morgan fingerprint density at radius 3 is 2.50 bits per heavy atom. The van der Waals surface area contributed by atoms with Crippen LogP contribution in [0.4, 0.5) is 0 Å². The topological polar surface area (TPSA) is 50.7 Å². The second-order valence-corrected chi connectivity index (χ2v) is 5.50. The highest BCUT2D eigenvalue weighted by molar-refractivity contribution is 9.11. The van der Waals surface area contributed by atoms with Crippen molar-refractivity contribution in [2.45, 2.75) is 19.8 Å². The molecule has 4 nitrogen and oxygen atoms in total. The number of hydrogen-bond donors (Lipinski definition) is 1. The van der Waals surface area contributed by atoms with Crippen LogP contribution in [0.5, 0.6) is 5.75 Å². The molecule has 1 aromatic rings. The number of halogens is 2. The number of nitrogens with zero attached hydrogens (tertiary/aromatic N) is 1. The lowest BCUT2D eigenvalue weighted by Gasteiger charge is -2.15. The fourth-order valence-corrected chi connectivity index (χ4v) is 3.11. The summed E-state index contributed by atoms with van der Waals surface area (Å²) in [5, 5.41) is 4.07. The summed E-state index contributed by atoms with van der Waals surface area (Å²) in [5.41, 5.74) is 4.34. The first-order valence-corrected chi connectivity index (χ1v) is 7.18. The Balaban J connectivity index is 2.33. The van der Waals surface area contributed by atoms with Crippen molar-refractivity contribution < 1.29 is 9.53 Å². The first-order valence-electron chi connectivity index (χ1n) is 5.59. The minimum atomic E-state index is -0.0391. The van der Waals surface area contributed by atoms with Crippen LogP contribution in [-0.2, 0) is 4.79 Å². The molecule has 1 N–H and O–H groups in total. The Hall–Kier alpha value is -0.880. The maximum atomic E-state index is 11.1. The normalized spacial score (nSPS) is 15.1. The summed E-state index contributed by atoms with van der Waals surface area (Å²) >= 11 is 6.96. The molecule has 1 aromatic carbocycles. The monoisotopic (exact) mass is 374 g/mol. The second kappa shape index (κ2) is 5.84. The van der Waals surface area contributed by atoms with Gasteiger partial charge in [0.15, 0.2) is 0 Å². The summed E-state index contributed by atoms with van der Waals surface area (Å²) in [6.45, 7) is 2.54. The van der Waals surface area contributed by atoms with Crippen LogP contribution in [0.15, 0.2) is 26.2 Å². The van der Waals surface area contributed by atoms with Gasteiger partial charge in [0.2, 0.25) is 5.91 Å². The SMILES string of the molecule is CCOc1c(Br)cc(C2=NNC(=O)CC2)cc1Br. The number of carbonyl (C=O) groups excluding carboxylic acids is 1. The molecule has 96 valence electrons. The van der Waals surface area contributed by atoms with Gasteiger partial charge in [-0.2, -0.15) is 5.10 Å². The second-order valence-electron chi connectivity index (χ2n) is 3.80. The molecule has 0 unspecified atom stereocenters. The molecule has 6 heteroatoms. The first kappa shape index (κ1) is 13.5. The van der Waals surface area contributed by atoms with Crippen molar-refractivity contribution in [3.63, 3.8) is 0 Å². The zero-order valence-corrected chi connectivity index (χ0v) is 13.0. The molecule has 0 saturated heterocycles. The molecule has 1 aliphatic heterocycles. The van der Waals surface area contributed by atoms with E-state index in [2.05, 4.69) is 42.4 Å². The van der Waals surface area contributed by atoms with E-state index in [1.54, 1.807) is 0 Å². The molecule has 0 aromatic heterocycles. The lowest BCUT2D eigenvalue weighted by molar-refractivity contribution is -0.121. The summed E-state index contributed by atoms with van der Waals surface area (Å²) in [4.78, 5) is 11.1. The van der Waals surface area contributed by atoms with Gasteiger partial charge in [-0.1, -0.05) is 0 Å². The molecule has 0 spiro atoms. The number of carbonyl (C=O) groups is 1. The van der Waals surface area contributed by atoms with Crippen LogP contribution >= 0.6 is 31.9 Å².